The standard InChI is InChI=1S/C27H19F3N2O5/c28-27(29,30)22-9-5-4-8-20(22)23-12-17-10-11-18(13-21(17)24(33)31-23)32-19(15-37-26(32)35)14-36-25(34)16-6-2-1-3-7-16/h1-13,19H,14-15H2,(H,31,33)/t19-/m1/s1. The molecule has 0 unspecified atom stereocenters. The number of rotatable bonds is 5. The molecule has 188 valence electrons. The number of amides is 1. The Kier molecular flexibility index (Phi) is 6.16. The minimum Gasteiger partial charge on any atom is -0.460 e. The molecule has 0 bridgehead atoms. The second kappa shape index (κ2) is 9.45. The molecule has 37 heavy (non-hydrogen) atoms. The topological polar surface area (TPSA) is 88.7 Å². The molecule has 0 spiro atoms. The summed E-state index contributed by atoms with van der Waals surface area (Å²) in [6.45, 7) is -0.163. The van der Waals surface area contributed by atoms with E-state index in [4.69, 9.17) is 9.47 Å². The van der Waals surface area contributed by atoms with Gasteiger partial charge in [-0.25, -0.2) is 9.59 Å². The average molecular weight is 508 g/mol. The number of alkyl halides is 3. The largest absolute Gasteiger partial charge is 0.460 e. The molecule has 3 aromatic carbocycles. The molecule has 1 aliphatic heterocycles. The fourth-order valence-corrected chi connectivity index (χ4v) is 4.24. The molecule has 5 rings (SSSR count). The van der Waals surface area contributed by atoms with Crippen LogP contribution in [0.3, 0.4) is 0 Å². The predicted octanol–water partition coefficient (Wildman–Crippen LogP) is 5.40. The van der Waals surface area contributed by atoms with Crippen molar-refractivity contribution in [1.82, 2.24) is 4.98 Å². The molecule has 1 aliphatic rings. The van der Waals surface area contributed by atoms with E-state index in [1.54, 1.807) is 36.4 Å². The molecule has 2 heterocycles. The number of benzene rings is 3. The number of pyridine rings is 1. The highest BCUT2D eigenvalue weighted by Crippen LogP contribution is 2.37. The van der Waals surface area contributed by atoms with Crippen LogP contribution in [0.5, 0.6) is 0 Å². The number of aromatic amines is 1. The van der Waals surface area contributed by atoms with Crippen molar-refractivity contribution in [3.63, 3.8) is 0 Å². The molecule has 4 aromatic rings. The predicted molar refractivity (Wildman–Crippen MR) is 129 cm³/mol. The third-order valence-electron chi connectivity index (χ3n) is 6.01. The highest BCUT2D eigenvalue weighted by atomic mass is 19.4. The number of hydrogen-bond acceptors (Lipinski definition) is 5. The molecule has 0 saturated carbocycles. The first-order valence-corrected chi connectivity index (χ1v) is 11.2. The first-order chi connectivity index (χ1) is 17.7. The first kappa shape index (κ1) is 24.1. The van der Waals surface area contributed by atoms with E-state index in [0.717, 1.165) is 6.07 Å². The minimum absolute atomic E-state index is 0.0180. The fraction of sp³-hybridized carbons (Fsp3) is 0.148. The van der Waals surface area contributed by atoms with Gasteiger partial charge in [0.2, 0.25) is 0 Å². The van der Waals surface area contributed by atoms with E-state index in [2.05, 4.69) is 4.98 Å². The highest BCUT2D eigenvalue weighted by Gasteiger charge is 2.36. The van der Waals surface area contributed by atoms with Gasteiger partial charge < -0.3 is 14.5 Å². The van der Waals surface area contributed by atoms with Crippen LogP contribution in [-0.2, 0) is 15.7 Å². The molecule has 0 radical (unpaired) electrons. The fourth-order valence-electron chi connectivity index (χ4n) is 4.24. The zero-order chi connectivity index (χ0) is 26.2. The molecule has 1 aromatic heterocycles. The minimum atomic E-state index is -4.60. The summed E-state index contributed by atoms with van der Waals surface area (Å²) in [6, 6.07) is 18.7. The van der Waals surface area contributed by atoms with Crippen molar-refractivity contribution in [1.29, 1.82) is 0 Å². The van der Waals surface area contributed by atoms with Crippen molar-refractivity contribution < 1.29 is 32.2 Å². The Balaban J connectivity index is 1.44. The summed E-state index contributed by atoms with van der Waals surface area (Å²) in [4.78, 5) is 41.5. The first-order valence-electron chi connectivity index (χ1n) is 11.2. The van der Waals surface area contributed by atoms with Crippen molar-refractivity contribution >= 4 is 28.5 Å². The zero-order valence-corrected chi connectivity index (χ0v) is 19.1. The van der Waals surface area contributed by atoms with Gasteiger partial charge in [-0.2, -0.15) is 13.2 Å². The van der Waals surface area contributed by atoms with Crippen LogP contribution >= 0.6 is 0 Å². The molecular weight excluding hydrogens is 489 g/mol. The van der Waals surface area contributed by atoms with E-state index in [1.165, 1.54) is 41.3 Å². The Morgan fingerprint density at radius 1 is 1.00 bits per heavy atom. The van der Waals surface area contributed by atoms with E-state index >= 15 is 0 Å². The van der Waals surface area contributed by atoms with E-state index in [1.807, 2.05) is 0 Å². The van der Waals surface area contributed by atoms with Gasteiger partial charge in [-0.05, 0) is 41.8 Å². The monoisotopic (exact) mass is 508 g/mol. The van der Waals surface area contributed by atoms with Crippen LogP contribution in [0, 0.1) is 0 Å². The van der Waals surface area contributed by atoms with Gasteiger partial charge in [0.1, 0.15) is 19.3 Å². The third-order valence-corrected chi connectivity index (χ3v) is 6.01. The number of ether oxygens (including phenoxy) is 2. The van der Waals surface area contributed by atoms with Crippen LogP contribution in [0.2, 0.25) is 0 Å². The summed E-state index contributed by atoms with van der Waals surface area (Å²) in [5.74, 6) is -0.554. The number of carbonyl (C=O) groups excluding carboxylic acids is 2. The van der Waals surface area contributed by atoms with Gasteiger partial charge in [-0.3, -0.25) is 9.69 Å². The number of H-pyrrole nitrogens is 1. The number of anilines is 1. The maximum absolute atomic E-state index is 13.5. The normalized spacial score (nSPS) is 15.6. The molecule has 7 nitrogen and oxygen atoms in total. The van der Waals surface area contributed by atoms with Crippen LogP contribution < -0.4 is 10.5 Å². The van der Waals surface area contributed by atoms with Gasteiger partial charge in [0, 0.05) is 22.3 Å². The van der Waals surface area contributed by atoms with Gasteiger partial charge in [-0.15, -0.1) is 0 Å². The Bertz CT molecular complexity index is 1550. The number of nitrogens with one attached hydrogen (secondary N) is 1. The van der Waals surface area contributed by atoms with Crippen molar-refractivity contribution in [2.45, 2.75) is 12.2 Å². The Hall–Kier alpha value is -4.60. The number of cyclic esters (lactones) is 1. The maximum Gasteiger partial charge on any atom is 0.417 e. The number of carbonyl (C=O) groups is 2. The summed E-state index contributed by atoms with van der Waals surface area (Å²) < 4.78 is 50.9. The van der Waals surface area contributed by atoms with Gasteiger partial charge in [0.05, 0.1) is 11.1 Å². The SMILES string of the molecule is O=C(OC[C@@H]1COC(=O)N1c1ccc2cc(-c3ccccc3C(F)(F)F)[nH]c(=O)c2c1)c1ccccc1. The second-order valence-electron chi connectivity index (χ2n) is 8.39. The van der Waals surface area contributed by atoms with Crippen LogP contribution in [-0.4, -0.2) is 36.3 Å². The van der Waals surface area contributed by atoms with E-state index in [9.17, 15) is 27.6 Å². The summed E-state index contributed by atoms with van der Waals surface area (Å²) in [6.07, 6.45) is -5.27. The van der Waals surface area contributed by atoms with Crippen molar-refractivity contribution in [2.24, 2.45) is 0 Å². The van der Waals surface area contributed by atoms with Crippen LogP contribution in [0.25, 0.3) is 22.0 Å². The number of hydrogen-bond donors (Lipinski definition) is 1. The summed E-state index contributed by atoms with van der Waals surface area (Å²) in [5, 5.41) is 0.560. The number of aromatic nitrogens is 1. The number of nitrogens with zero attached hydrogens (tertiary/aromatic N) is 1. The lowest BCUT2D eigenvalue weighted by atomic mass is 10.0. The maximum atomic E-state index is 13.5. The molecule has 1 saturated heterocycles. The molecule has 0 aliphatic carbocycles. The number of esters is 1. The summed E-state index contributed by atoms with van der Waals surface area (Å²) in [7, 11) is 0. The Morgan fingerprint density at radius 3 is 2.49 bits per heavy atom. The number of halogens is 3. The van der Waals surface area contributed by atoms with E-state index in [0.29, 0.717) is 16.6 Å². The lowest BCUT2D eigenvalue weighted by Crippen LogP contribution is -2.37. The lowest BCUT2D eigenvalue weighted by molar-refractivity contribution is -0.137. The molecule has 1 fully saturated rings. The average Bonchev–Trinajstić information content (AvgIpc) is 3.27. The highest BCUT2D eigenvalue weighted by molar-refractivity contribution is 5.95. The number of fused-ring (bicyclic) bond motifs is 1. The van der Waals surface area contributed by atoms with Crippen molar-refractivity contribution in [2.75, 3.05) is 18.1 Å². The Labute approximate surface area is 208 Å². The van der Waals surface area contributed by atoms with Gasteiger partial charge in [-0.1, -0.05) is 42.5 Å². The molecule has 10 heteroatoms. The molecular formula is C27H19F3N2O5. The van der Waals surface area contributed by atoms with E-state index < -0.39 is 35.4 Å². The van der Waals surface area contributed by atoms with Crippen LogP contribution in [0.4, 0.5) is 23.7 Å². The van der Waals surface area contributed by atoms with Gasteiger partial charge in [0.15, 0.2) is 0 Å². The quantitative estimate of drug-likeness (QED) is 0.365. The zero-order valence-electron chi connectivity index (χ0n) is 19.1. The van der Waals surface area contributed by atoms with Crippen LogP contribution in [0.1, 0.15) is 15.9 Å². The Morgan fingerprint density at radius 2 is 1.73 bits per heavy atom. The second-order valence-corrected chi connectivity index (χ2v) is 8.39. The van der Waals surface area contributed by atoms with Gasteiger partial charge >= 0.3 is 18.2 Å². The van der Waals surface area contributed by atoms with Gasteiger partial charge in [0.25, 0.3) is 5.56 Å². The van der Waals surface area contributed by atoms with Crippen molar-refractivity contribution in [3.8, 4) is 11.3 Å². The lowest BCUT2D eigenvalue weighted by Gasteiger charge is -2.21. The van der Waals surface area contributed by atoms with Crippen LogP contribution in [0.15, 0.2) is 83.7 Å². The third kappa shape index (κ3) is 4.77. The molecule has 1 atom stereocenters. The van der Waals surface area contributed by atoms with E-state index in [-0.39, 0.29) is 29.9 Å². The smallest absolute Gasteiger partial charge is 0.417 e. The molecule has 1 N–H and O–H groups in total. The summed E-state index contributed by atoms with van der Waals surface area (Å²) >= 11 is 0. The molecule has 1 amide bonds. The van der Waals surface area contributed by atoms with Crippen molar-refractivity contribution in [3.05, 3.63) is 100 Å². The summed E-state index contributed by atoms with van der Waals surface area (Å²) in [5.41, 5.74) is -0.935.